The molecule has 3 aliphatic rings. The molecule has 1 aromatic carbocycles. The molecule has 0 amide bonds. The van der Waals surface area contributed by atoms with Crippen LogP contribution in [-0.2, 0) is 0 Å². The largest absolute Gasteiger partial charge is 0.398 e. The minimum absolute atomic E-state index is 0.129. The minimum atomic E-state index is -4.18. The van der Waals surface area contributed by atoms with E-state index in [9.17, 15) is 13.2 Å². The van der Waals surface area contributed by atoms with Gasteiger partial charge in [-0.1, -0.05) is 82.9 Å². The Bertz CT molecular complexity index is 1040. The second-order valence-corrected chi connectivity index (χ2v) is 11.2. The summed E-state index contributed by atoms with van der Waals surface area (Å²) in [6, 6.07) is 6.51. The van der Waals surface area contributed by atoms with E-state index in [4.69, 9.17) is 10.7 Å². The predicted molar refractivity (Wildman–Crippen MR) is 139 cm³/mol. The fourth-order valence-corrected chi connectivity index (χ4v) is 5.94. The van der Waals surface area contributed by atoms with E-state index in [1.165, 1.54) is 42.9 Å². The van der Waals surface area contributed by atoms with Crippen LogP contribution in [-0.4, -0.2) is 18.4 Å². The standard InChI is InChI=1S/C30H39F3N2/c1-17-9-11-24-20(4)25(23-7-6-8-23)15-27(29(34)26(24)13-17)28-12-10-22(16-35-28)14-18(2)19(3)21(5)30(31,32)33/h9-14,16,18-21,23,25,28H,6-8,15,34H2,1-5H3. The molecule has 6 unspecified atom stereocenters. The Balaban J connectivity index is 1.60. The third-order valence-electron chi connectivity index (χ3n) is 8.99. The maximum absolute atomic E-state index is 13.2. The summed E-state index contributed by atoms with van der Waals surface area (Å²) in [5.41, 5.74) is 13.4. The van der Waals surface area contributed by atoms with Crippen LogP contribution in [0.3, 0.4) is 0 Å². The van der Waals surface area contributed by atoms with Crippen LogP contribution in [0.15, 0.2) is 52.6 Å². The average Bonchev–Trinajstić information content (AvgIpc) is 2.87. The number of benzene rings is 1. The average molecular weight is 485 g/mol. The van der Waals surface area contributed by atoms with Gasteiger partial charge in [0.15, 0.2) is 0 Å². The van der Waals surface area contributed by atoms with Crippen molar-refractivity contribution in [3.8, 4) is 0 Å². The molecule has 5 heteroatoms. The topological polar surface area (TPSA) is 38.4 Å². The second-order valence-electron chi connectivity index (χ2n) is 11.2. The Morgan fingerprint density at radius 1 is 1.14 bits per heavy atom. The Labute approximate surface area is 208 Å². The zero-order valence-corrected chi connectivity index (χ0v) is 21.6. The monoisotopic (exact) mass is 484 g/mol. The molecule has 0 spiro atoms. The zero-order valence-electron chi connectivity index (χ0n) is 21.6. The first kappa shape index (κ1) is 25.8. The molecule has 0 aromatic heterocycles. The third-order valence-corrected chi connectivity index (χ3v) is 8.99. The molecule has 2 nitrogen and oxygen atoms in total. The second kappa shape index (κ2) is 9.99. The number of hydrogen-bond acceptors (Lipinski definition) is 2. The van der Waals surface area contributed by atoms with Crippen LogP contribution in [0.25, 0.3) is 5.70 Å². The van der Waals surface area contributed by atoms with Crippen LogP contribution in [0.5, 0.6) is 0 Å². The summed E-state index contributed by atoms with van der Waals surface area (Å²) < 4.78 is 39.5. The summed E-state index contributed by atoms with van der Waals surface area (Å²) in [5, 5.41) is 0. The normalized spacial score (nSPS) is 28.9. The molecule has 1 fully saturated rings. The molecular weight excluding hydrogens is 445 g/mol. The lowest BCUT2D eigenvalue weighted by Gasteiger charge is -2.38. The molecule has 190 valence electrons. The van der Waals surface area contributed by atoms with Gasteiger partial charge in [-0.05, 0) is 65.7 Å². The van der Waals surface area contributed by atoms with Crippen LogP contribution >= 0.6 is 0 Å². The summed E-state index contributed by atoms with van der Waals surface area (Å²) in [5.74, 6) is -0.355. The van der Waals surface area contributed by atoms with E-state index >= 15 is 0 Å². The molecule has 6 atom stereocenters. The number of hydrogen-bond donors (Lipinski definition) is 1. The summed E-state index contributed by atoms with van der Waals surface area (Å²) in [7, 11) is 0. The number of dihydropyridines is 1. The van der Waals surface area contributed by atoms with Gasteiger partial charge in [-0.25, -0.2) is 0 Å². The van der Waals surface area contributed by atoms with Crippen molar-refractivity contribution in [3.05, 3.63) is 64.3 Å². The molecule has 0 saturated heterocycles. The molecule has 1 aromatic rings. The van der Waals surface area contributed by atoms with Gasteiger partial charge in [0.2, 0.25) is 0 Å². The van der Waals surface area contributed by atoms with Gasteiger partial charge in [-0.3, -0.25) is 4.99 Å². The van der Waals surface area contributed by atoms with E-state index in [0.717, 1.165) is 29.2 Å². The van der Waals surface area contributed by atoms with Gasteiger partial charge < -0.3 is 5.73 Å². The molecular formula is C30H39F3N2. The van der Waals surface area contributed by atoms with Gasteiger partial charge in [0, 0.05) is 17.5 Å². The van der Waals surface area contributed by atoms with Gasteiger partial charge in [-0.2, -0.15) is 13.2 Å². The van der Waals surface area contributed by atoms with Crippen LogP contribution in [0, 0.1) is 36.5 Å². The highest BCUT2D eigenvalue weighted by Gasteiger charge is 2.41. The molecule has 4 rings (SSSR count). The maximum Gasteiger partial charge on any atom is 0.391 e. The first-order valence-electron chi connectivity index (χ1n) is 13.1. The molecule has 2 aliphatic carbocycles. The Morgan fingerprint density at radius 2 is 1.86 bits per heavy atom. The van der Waals surface area contributed by atoms with Crippen molar-refractivity contribution < 1.29 is 13.2 Å². The van der Waals surface area contributed by atoms with E-state index in [2.05, 4.69) is 38.1 Å². The van der Waals surface area contributed by atoms with Crippen molar-refractivity contribution in [3.63, 3.8) is 0 Å². The zero-order chi connectivity index (χ0) is 25.5. The van der Waals surface area contributed by atoms with Crippen molar-refractivity contribution in [1.29, 1.82) is 0 Å². The number of halogens is 3. The Hall–Kier alpha value is -2.30. The SMILES string of the molecule is Cc1ccc2c(c1)C(N)=C(C1C=CC(=CC(C)C(C)C(C)C(F)(F)F)C=N1)CC(C1CCC1)C2C. The number of fused-ring (bicyclic) bond motifs is 1. The van der Waals surface area contributed by atoms with E-state index < -0.39 is 18.0 Å². The van der Waals surface area contributed by atoms with Crippen LogP contribution < -0.4 is 5.73 Å². The number of aliphatic imine (C=N–C) groups is 1. The summed E-state index contributed by atoms with van der Waals surface area (Å²) in [6.45, 7) is 9.23. The van der Waals surface area contributed by atoms with Crippen molar-refractivity contribution in [2.75, 3.05) is 0 Å². The highest BCUT2D eigenvalue weighted by molar-refractivity contribution is 5.85. The van der Waals surface area contributed by atoms with Crippen molar-refractivity contribution in [2.45, 2.75) is 78.4 Å². The summed E-state index contributed by atoms with van der Waals surface area (Å²) in [4.78, 5) is 4.85. The van der Waals surface area contributed by atoms with Crippen LogP contribution in [0.4, 0.5) is 13.2 Å². The highest BCUT2D eigenvalue weighted by atomic mass is 19.4. The van der Waals surface area contributed by atoms with Crippen molar-refractivity contribution >= 4 is 11.9 Å². The first-order chi connectivity index (χ1) is 16.5. The lowest BCUT2D eigenvalue weighted by Crippen LogP contribution is -2.29. The fraction of sp³-hybridized carbons (Fsp3) is 0.567. The lowest BCUT2D eigenvalue weighted by molar-refractivity contribution is -0.184. The molecule has 35 heavy (non-hydrogen) atoms. The van der Waals surface area contributed by atoms with E-state index in [-0.39, 0.29) is 12.0 Å². The number of aryl methyl sites for hydroxylation is 1. The van der Waals surface area contributed by atoms with Crippen LogP contribution in [0.1, 0.15) is 76.0 Å². The number of allylic oxidation sites excluding steroid dienone is 3. The van der Waals surface area contributed by atoms with Crippen LogP contribution in [0.2, 0.25) is 0 Å². The molecule has 1 aliphatic heterocycles. The number of nitrogens with two attached hydrogens (primary N) is 1. The number of alkyl halides is 3. The van der Waals surface area contributed by atoms with Gasteiger partial charge in [0.05, 0.1) is 12.0 Å². The smallest absolute Gasteiger partial charge is 0.391 e. The molecule has 0 bridgehead atoms. The van der Waals surface area contributed by atoms with E-state index in [0.29, 0.717) is 11.8 Å². The third kappa shape index (κ3) is 5.29. The first-order valence-corrected chi connectivity index (χ1v) is 13.1. The van der Waals surface area contributed by atoms with E-state index in [1.807, 2.05) is 25.3 Å². The number of rotatable bonds is 5. The summed E-state index contributed by atoms with van der Waals surface area (Å²) in [6.07, 6.45) is 8.43. The van der Waals surface area contributed by atoms with Gasteiger partial charge in [0.25, 0.3) is 0 Å². The minimum Gasteiger partial charge on any atom is -0.398 e. The molecule has 2 N–H and O–H groups in total. The Kier molecular flexibility index (Phi) is 7.36. The number of nitrogens with zero attached hydrogens (tertiary/aromatic N) is 1. The van der Waals surface area contributed by atoms with Gasteiger partial charge in [-0.15, -0.1) is 0 Å². The maximum atomic E-state index is 13.2. The highest BCUT2D eigenvalue weighted by Crippen LogP contribution is 2.48. The molecule has 1 saturated carbocycles. The summed E-state index contributed by atoms with van der Waals surface area (Å²) >= 11 is 0. The molecule has 0 radical (unpaired) electrons. The van der Waals surface area contributed by atoms with Crippen molar-refractivity contribution in [2.24, 2.45) is 40.3 Å². The van der Waals surface area contributed by atoms with Gasteiger partial charge in [0.1, 0.15) is 0 Å². The molecule has 1 heterocycles. The quantitative estimate of drug-likeness (QED) is 0.452. The lowest BCUT2D eigenvalue weighted by atomic mass is 9.67. The fourth-order valence-electron chi connectivity index (χ4n) is 5.94. The van der Waals surface area contributed by atoms with E-state index in [1.54, 1.807) is 6.92 Å². The Morgan fingerprint density at radius 3 is 2.43 bits per heavy atom. The van der Waals surface area contributed by atoms with Gasteiger partial charge >= 0.3 is 6.18 Å². The van der Waals surface area contributed by atoms with Crippen molar-refractivity contribution in [1.82, 2.24) is 0 Å². The predicted octanol–water partition coefficient (Wildman–Crippen LogP) is 7.99.